The number of carbonyl (C=O) groups is 1. The van der Waals surface area contributed by atoms with E-state index < -0.39 is 29.2 Å². The first kappa shape index (κ1) is 13.0. The van der Waals surface area contributed by atoms with Crippen LogP contribution in [0.25, 0.3) is 0 Å². The lowest BCUT2D eigenvalue weighted by atomic mass is 10.2. The number of carboxylic acid groups (broad SMARTS) is 1. The number of carboxylic acids is 1. The van der Waals surface area contributed by atoms with Gasteiger partial charge < -0.3 is 20.6 Å². The first-order valence-corrected chi connectivity index (χ1v) is 4.20. The van der Waals surface area contributed by atoms with Crippen molar-refractivity contribution >= 4 is 5.97 Å². The Balaban J connectivity index is 3.37. The number of rotatable bonds is 3. The van der Waals surface area contributed by atoms with Gasteiger partial charge in [0.05, 0.1) is 0 Å². The first-order valence-electron chi connectivity index (χ1n) is 4.20. The van der Waals surface area contributed by atoms with Crippen LogP contribution in [0.1, 0.15) is 15.9 Å². The summed E-state index contributed by atoms with van der Waals surface area (Å²) in [7, 11) is 0. The first-order chi connectivity index (χ1) is 7.76. The minimum atomic E-state index is -5.10. The molecule has 0 saturated carbocycles. The molecule has 0 bridgehead atoms. The van der Waals surface area contributed by atoms with E-state index in [0.717, 1.165) is 6.20 Å². The number of ether oxygens (including phenoxy) is 1. The molecule has 0 aliphatic heterocycles. The van der Waals surface area contributed by atoms with Gasteiger partial charge in [-0.2, -0.15) is 0 Å². The van der Waals surface area contributed by atoms with E-state index in [1.807, 2.05) is 4.98 Å². The molecular formula is C8H7F3N2O4. The predicted octanol–water partition coefficient (Wildman–Crippen LogP) is 0.430. The van der Waals surface area contributed by atoms with Crippen molar-refractivity contribution in [2.45, 2.75) is 12.9 Å². The highest BCUT2D eigenvalue weighted by Gasteiger charge is 2.34. The fraction of sp³-hybridized carbons (Fsp3) is 0.250. The van der Waals surface area contributed by atoms with Crippen LogP contribution in [0.5, 0.6) is 5.88 Å². The molecule has 1 heterocycles. The highest BCUT2D eigenvalue weighted by Crippen LogP contribution is 2.22. The molecule has 4 N–H and O–H groups in total. The molecule has 0 saturated heterocycles. The van der Waals surface area contributed by atoms with Crippen molar-refractivity contribution < 1.29 is 27.8 Å². The van der Waals surface area contributed by atoms with Gasteiger partial charge in [-0.3, -0.25) is 4.79 Å². The van der Waals surface area contributed by atoms with Crippen LogP contribution < -0.4 is 15.9 Å². The fourth-order valence-corrected chi connectivity index (χ4v) is 1.10. The van der Waals surface area contributed by atoms with Crippen LogP contribution in [-0.4, -0.2) is 22.4 Å². The molecule has 0 atom stereocenters. The van der Waals surface area contributed by atoms with E-state index >= 15 is 0 Å². The van der Waals surface area contributed by atoms with Gasteiger partial charge in [0, 0.05) is 18.3 Å². The number of H-pyrrole nitrogens is 1. The summed E-state index contributed by atoms with van der Waals surface area (Å²) in [4.78, 5) is 24.0. The van der Waals surface area contributed by atoms with Crippen molar-refractivity contribution in [3.63, 3.8) is 0 Å². The monoisotopic (exact) mass is 252 g/mol. The number of nitrogens with two attached hydrogens (primary N) is 1. The molecule has 0 unspecified atom stereocenters. The van der Waals surface area contributed by atoms with E-state index in [-0.39, 0.29) is 12.1 Å². The van der Waals surface area contributed by atoms with Crippen LogP contribution in [0.15, 0.2) is 11.0 Å². The van der Waals surface area contributed by atoms with E-state index in [9.17, 15) is 22.8 Å². The normalized spacial score (nSPS) is 11.3. The quantitative estimate of drug-likeness (QED) is 0.723. The van der Waals surface area contributed by atoms with Crippen LogP contribution in [-0.2, 0) is 6.54 Å². The molecule has 9 heteroatoms. The van der Waals surface area contributed by atoms with E-state index in [4.69, 9.17) is 10.8 Å². The minimum Gasteiger partial charge on any atom is -0.477 e. The number of hydrogen-bond acceptors (Lipinski definition) is 4. The second-order valence-corrected chi connectivity index (χ2v) is 2.90. The summed E-state index contributed by atoms with van der Waals surface area (Å²) < 4.78 is 39.2. The van der Waals surface area contributed by atoms with Crippen molar-refractivity contribution in [3.05, 3.63) is 27.5 Å². The predicted molar refractivity (Wildman–Crippen MR) is 48.6 cm³/mol. The van der Waals surface area contributed by atoms with Gasteiger partial charge in [0.25, 0.3) is 0 Å². The second kappa shape index (κ2) is 4.45. The van der Waals surface area contributed by atoms with Crippen molar-refractivity contribution in [1.82, 2.24) is 4.98 Å². The molecule has 0 aliphatic rings. The average molecular weight is 252 g/mol. The lowest BCUT2D eigenvalue weighted by Gasteiger charge is -2.11. The highest BCUT2D eigenvalue weighted by atomic mass is 19.4. The number of halogens is 3. The molecule has 94 valence electrons. The summed E-state index contributed by atoms with van der Waals surface area (Å²) in [5.41, 5.74) is 2.72. The Morgan fingerprint density at radius 1 is 1.53 bits per heavy atom. The zero-order valence-electron chi connectivity index (χ0n) is 8.17. The molecule has 1 rings (SSSR count). The lowest BCUT2D eigenvalue weighted by molar-refractivity contribution is -0.276. The number of alkyl halides is 3. The number of aromatic carboxylic acids is 1. The molecule has 0 amide bonds. The third-order valence-electron chi connectivity index (χ3n) is 1.77. The number of pyridine rings is 1. The minimum absolute atomic E-state index is 0.156. The molecule has 0 aliphatic carbocycles. The van der Waals surface area contributed by atoms with E-state index in [0.29, 0.717) is 0 Å². The smallest absolute Gasteiger partial charge is 0.477 e. The molecule has 0 fully saturated rings. The van der Waals surface area contributed by atoms with Gasteiger partial charge in [0.1, 0.15) is 0 Å². The summed E-state index contributed by atoms with van der Waals surface area (Å²) in [6.07, 6.45) is -4.23. The molecular weight excluding hydrogens is 245 g/mol. The summed E-state index contributed by atoms with van der Waals surface area (Å²) in [6.45, 7) is -0.304. The molecule has 1 aromatic rings. The van der Waals surface area contributed by atoms with E-state index in [2.05, 4.69) is 4.74 Å². The SMILES string of the molecule is NCc1c[nH]c(OC(F)(F)F)c(C(=O)O)c1=O. The van der Waals surface area contributed by atoms with Gasteiger partial charge in [0.15, 0.2) is 5.56 Å². The van der Waals surface area contributed by atoms with Crippen molar-refractivity contribution in [2.75, 3.05) is 0 Å². The van der Waals surface area contributed by atoms with E-state index in [1.54, 1.807) is 0 Å². The molecule has 1 aromatic heterocycles. The zero-order valence-corrected chi connectivity index (χ0v) is 8.17. The molecule has 0 radical (unpaired) electrons. The zero-order chi connectivity index (χ0) is 13.2. The van der Waals surface area contributed by atoms with Crippen LogP contribution in [0.2, 0.25) is 0 Å². The maximum absolute atomic E-state index is 11.9. The number of hydrogen-bond donors (Lipinski definition) is 3. The fourth-order valence-electron chi connectivity index (χ4n) is 1.10. The summed E-state index contributed by atoms with van der Waals surface area (Å²) in [6, 6.07) is 0. The summed E-state index contributed by atoms with van der Waals surface area (Å²) >= 11 is 0. The van der Waals surface area contributed by atoms with Crippen molar-refractivity contribution in [2.24, 2.45) is 5.73 Å². The summed E-state index contributed by atoms with van der Waals surface area (Å²) in [5.74, 6) is -3.01. The average Bonchev–Trinajstić information content (AvgIpc) is 2.14. The molecule has 0 spiro atoms. The second-order valence-electron chi connectivity index (χ2n) is 2.90. The van der Waals surface area contributed by atoms with Gasteiger partial charge >= 0.3 is 12.3 Å². The Morgan fingerprint density at radius 3 is 2.53 bits per heavy atom. The van der Waals surface area contributed by atoms with Crippen LogP contribution in [0.3, 0.4) is 0 Å². The van der Waals surface area contributed by atoms with Crippen LogP contribution in [0, 0.1) is 0 Å². The Labute approximate surface area is 91.8 Å². The van der Waals surface area contributed by atoms with Crippen LogP contribution >= 0.6 is 0 Å². The number of aromatic amines is 1. The Morgan fingerprint density at radius 2 is 2.12 bits per heavy atom. The van der Waals surface area contributed by atoms with Crippen LogP contribution in [0.4, 0.5) is 13.2 Å². The Kier molecular flexibility index (Phi) is 3.42. The topological polar surface area (TPSA) is 105 Å². The van der Waals surface area contributed by atoms with Crippen molar-refractivity contribution in [3.8, 4) is 5.88 Å². The van der Waals surface area contributed by atoms with E-state index in [1.165, 1.54) is 0 Å². The standard InChI is InChI=1S/C8H7F3N2O4/c9-8(10,11)17-6-4(7(15)16)5(14)3(1-12)2-13-6/h2H,1,12H2,(H,13,14)(H,15,16). The van der Waals surface area contributed by atoms with Gasteiger partial charge in [-0.05, 0) is 0 Å². The number of aromatic nitrogens is 1. The maximum Gasteiger partial charge on any atom is 0.574 e. The van der Waals surface area contributed by atoms with Gasteiger partial charge in [-0.15, -0.1) is 13.2 Å². The Bertz CT molecular complexity index is 495. The molecule has 17 heavy (non-hydrogen) atoms. The van der Waals surface area contributed by atoms with Gasteiger partial charge in [0.2, 0.25) is 11.3 Å². The van der Waals surface area contributed by atoms with Gasteiger partial charge in [-0.25, -0.2) is 4.79 Å². The largest absolute Gasteiger partial charge is 0.574 e. The third-order valence-corrected chi connectivity index (χ3v) is 1.77. The van der Waals surface area contributed by atoms with Gasteiger partial charge in [-0.1, -0.05) is 0 Å². The molecule has 0 aromatic carbocycles. The summed E-state index contributed by atoms with van der Waals surface area (Å²) in [5, 5.41) is 8.66. The molecule has 6 nitrogen and oxygen atoms in total. The maximum atomic E-state index is 11.9. The number of nitrogens with one attached hydrogen (secondary N) is 1. The lowest BCUT2D eigenvalue weighted by Crippen LogP contribution is -2.26. The third kappa shape index (κ3) is 2.97. The Hall–Kier alpha value is -2.03. The highest BCUT2D eigenvalue weighted by molar-refractivity contribution is 5.90. The van der Waals surface area contributed by atoms with Crippen molar-refractivity contribution in [1.29, 1.82) is 0 Å².